The van der Waals surface area contributed by atoms with Gasteiger partial charge in [0.25, 0.3) is 0 Å². The lowest BCUT2D eigenvalue weighted by atomic mass is 10.0. The molecule has 8 nitrogen and oxygen atoms in total. The SMILES string of the molecule is CC(C)(C)OC(=O)N1CC(F)CC1C(=O)NCc1cc(-c2ccc(C(F)(F)F)nc2)c(C#N)cn1. The molecule has 3 rings (SSSR count). The summed E-state index contributed by atoms with van der Waals surface area (Å²) in [5.41, 5.74) is -0.939. The Bertz CT molecular complexity index is 1140. The molecule has 1 aliphatic heterocycles. The van der Waals surface area contributed by atoms with E-state index in [-0.39, 0.29) is 36.2 Å². The fourth-order valence-corrected chi connectivity index (χ4v) is 3.50. The number of ether oxygens (including phenoxy) is 1. The van der Waals surface area contributed by atoms with Gasteiger partial charge in [0.15, 0.2) is 0 Å². The number of carbonyl (C=O) groups excluding carboxylic acids is 2. The van der Waals surface area contributed by atoms with Gasteiger partial charge in [-0.3, -0.25) is 19.7 Å². The molecule has 2 aromatic heterocycles. The van der Waals surface area contributed by atoms with Gasteiger partial charge in [0.05, 0.1) is 24.3 Å². The maximum atomic E-state index is 14.0. The molecule has 0 aliphatic carbocycles. The Hall–Kier alpha value is -3.75. The third-order valence-electron chi connectivity index (χ3n) is 5.07. The predicted octanol–water partition coefficient (Wildman–Crippen LogP) is 4.00. The van der Waals surface area contributed by atoms with Gasteiger partial charge >= 0.3 is 12.3 Å². The van der Waals surface area contributed by atoms with Crippen molar-refractivity contribution in [3.63, 3.8) is 0 Å². The first-order valence-electron chi connectivity index (χ1n) is 10.6. The van der Waals surface area contributed by atoms with E-state index < -0.39 is 41.7 Å². The fraction of sp³-hybridized carbons (Fsp3) is 0.435. The molecule has 2 atom stereocenters. The summed E-state index contributed by atoms with van der Waals surface area (Å²) >= 11 is 0. The Morgan fingerprint density at radius 3 is 2.51 bits per heavy atom. The molecule has 0 spiro atoms. The Morgan fingerprint density at radius 2 is 1.94 bits per heavy atom. The zero-order valence-electron chi connectivity index (χ0n) is 19.2. The zero-order valence-corrected chi connectivity index (χ0v) is 19.2. The third kappa shape index (κ3) is 6.44. The van der Waals surface area contributed by atoms with Gasteiger partial charge in [0.1, 0.15) is 29.6 Å². The molecule has 12 heteroatoms. The fourth-order valence-electron chi connectivity index (χ4n) is 3.50. The number of amides is 2. The summed E-state index contributed by atoms with van der Waals surface area (Å²) in [7, 11) is 0. The highest BCUT2D eigenvalue weighted by molar-refractivity contribution is 5.86. The molecule has 2 aromatic rings. The van der Waals surface area contributed by atoms with E-state index in [0.29, 0.717) is 5.69 Å². The summed E-state index contributed by atoms with van der Waals surface area (Å²) in [6.45, 7) is 4.57. The maximum absolute atomic E-state index is 14.0. The highest BCUT2D eigenvalue weighted by atomic mass is 19.4. The van der Waals surface area contributed by atoms with E-state index in [9.17, 15) is 32.4 Å². The van der Waals surface area contributed by atoms with E-state index in [1.807, 2.05) is 6.07 Å². The van der Waals surface area contributed by atoms with Crippen LogP contribution in [0.25, 0.3) is 11.1 Å². The highest BCUT2D eigenvalue weighted by Crippen LogP contribution is 2.30. The number of carbonyl (C=O) groups is 2. The van der Waals surface area contributed by atoms with Crippen LogP contribution in [0.3, 0.4) is 0 Å². The Labute approximate surface area is 198 Å². The molecular formula is C23H23F4N5O3. The lowest BCUT2D eigenvalue weighted by Crippen LogP contribution is -2.47. The van der Waals surface area contributed by atoms with Gasteiger partial charge in [0, 0.05) is 29.9 Å². The Morgan fingerprint density at radius 1 is 1.23 bits per heavy atom. The van der Waals surface area contributed by atoms with E-state index in [1.54, 1.807) is 20.8 Å². The summed E-state index contributed by atoms with van der Waals surface area (Å²) in [6.07, 6.45) is -4.74. The standard InChI is InChI=1S/C23H23F4N5O3/c1-22(2,3)35-21(34)32-12-15(24)6-18(32)20(33)31-11-16-7-17(14(8-28)10-29-16)13-4-5-19(30-9-13)23(25,26)27/h4-5,7,9-10,15,18H,6,11-12H2,1-3H3,(H,31,33). The second-order valence-corrected chi connectivity index (χ2v) is 8.96. The smallest absolute Gasteiger partial charge is 0.433 e. The topological polar surface area (TPSA) is 108 Å². The summed E-state index contributed by atoms with van der Waals surface area (Å²) in [4.78, 5) is 33.7. The number of nitrogens with one attached hydrogen (secondary N) is 1. The quantitative estimate of drug-likeness (QED) is 0.645. The van der Waals surface area contributed by atoms with Crippen LogP contribution in [-0.4, -0.2) is 51.2 Å². The Balaban J connectivity index is 1.74. The lowest BCUT2D eigenvalue weighted by Gasteiger charge is -2.27. The third-order valence-corrected chi connectivity index (χ3v) is 5.07. The van der Waals surface area contributed by atoms with Crippen LogP contribution in [0.1, 0.15) is 44.1 Å². The number of rotatable bonds is 4. The number of pyridine rings is 2. The van der Waals surface area contributed by atoms with Crippen LogP contribution in [0.2, 0.25) is 0 Å². The molecule has 35 heavy (non-hydrogen) atoms. The second-order valence-electron chi connectivity index (χ2n) is 8.96. The molecule has 3 heterocycles. The van der Waals surface area contributed by atoms with Crippen LogP contribution in [0.4, 0.5) is 22.4 Å². The van der Waals surface area contributed by atoms with Gasteiger partial charge in [0.2, 0.25) is 5.91 Å². The molecule has 1 N–H and O–H groups in total. The average molecular weight is 493 g/mol. The van der Waals surface area contributed by atoms with Gasteiger partial charge < -0.3 is 10.1 Å². The van der Waals surface area contributed by atoms with Crippen LogP contribution in [0.5, 0.6) is 0 Å². The van der Waals surface area contributed by atoms with Crippen molar-refractivity contribution in [2.75, 3.05) is 6.54 Å². The average Bonchev–Trinajstić information content (AvgIpc) is 3.17. The summed E-state index contributed by atoms with van der Waals surface area (Å²) in [5, 5.41) is 11.9. The summed E-state index contributed by atoms with van der Waals surface area (Å²) in [5.74, 6) is -0.611. The number of nitriles is 1. The monoisotopic (exact) mass is 493 g/mol. The Kier molecular flexibility index (Phi) is 7.28. The number of likely N-dealkylation sites (tertiary alicyclic amines) is 1. The van der Waals surface area contributed by atoms with Crippen molar-refractivity contribution in [3.8, 4) is 17.2 Å². The molecule has 186 valence electrons. The van der Waals surface area contributed by atoms with Crippen molar-refractivity contribution in [2.45, 2.75) is 57.7 Å². The van der Waals surface area contributed by atoms with E-state index >= 15 is 0 Å². The largest absolute Gasteiger partial charge is 0.444 e. The molecular weight excluding hydrogens is 470 g/mol. The van der Waals surface area contributed by atoms with Crippen molar-refractivity contribution in [3.05, 3.63) is 47.5 Å². The van der Waals surface area contributed by atoms with Crippen LogP contribution in [0.15, 0.2) is 30.6 Å². The molecule has 0 aromatic carbocycles. The number of nitrogens with zero attached hydrogens (tertiary/aromatic N) is 4. The molecule has 1 fully saturated rings. The molecule has 0 saturated carbocycles. The van der Waals surface area contributed by atoms with Gasteiger partial charge in [-0.2, -0.15) is 18.4 Å². The highest BCUT2D eigenvalue weighted by Gasteiger charge is 2.41. The number of alkyl halides is 4. The minimum Gasteiger partial charge on any atom is -0.444 e. The number of hydrogen-bond donors (Lipinski definition) is 1. The molecule has 2 unspecified atom stereocenters. The van der Waals surface area contributed by atoms with Crippen molar-refractivity contribution >= 4 is 12.0 Å². The number of hydrogen-bond acceptors (Lipinski definition) is 6. The summed E-state index contributed by atoms with van der Waals surface area (Å²) in [6, 6.07) is 4.28. The van der Waals surface area contributed by atoms with Crippen molar-refractivity contribution < 1.29 is 31.9 Å². The van der Waals surface area contributed by atoms with E-state index in [0.717, 1.165) is 17.2 Å². The van der Waals surface area contributed by atoms with Crippen LogP contribution in [0, 0.1) is 11.3 Å². The van der Waals surface area contributed by atoms with Crippen molar-refractivity contribution in [1.82, 2.24) is 20.2 Å². The minimum absolute atomic E-state index is 0.105. The first kappa shape index (κ1) is 25.9. The minimum atomic E-state index is -4.60. The van der Waals surface area contributed by atoms with Gasteiger partial charge in [-0.15, -0.1) is 0 Å². The molecule has 0 radical (unpaired) electrons. The van der Waals surface area contributed by atoms with Crippen LogP contribution >= 0.6 is 0 Å². The van der Waals surface area contributed by atoms with Crippen LogP contribution in [-0.2, 0) is 22.3 Å². The lowest BCUT2D eigenvalue weighted by molar-refractivity contribution is -0.141. The predicted molar refractivity (Wildman–Crippen MR) is 115 cm³/mol. The zero-order chi connectivity index (χ0) is 26.0. The van der Waals surface area contributed by atoms with Crippen molar-refractivity contribution in [1.29, 1.82) is 5.26 Å². The molecule has 2 amide bonds. The number of aromatic nitrogens is 2. The normalized spacial score (nSPS) is 18.2. The van der Waals surface area contributed by atoms with E-state index in [4.69, 9.17) is 4.74 Å². The second kappa shape index (κ2) is 9.85. The van der Waals surface area contributed by atoms with E-state index in [2.05, 4.69) is 15.3 Å². The molecule has 0 bridgehead atoms. The van der Waals surface area contributed by atoms with Gasteiger partial charge in [-0.25, -0.2) is 9.18 Å². The first-order valence-corrected chi connectivity index (χ1v) is 10.6. The molecule has 1 saturated heterocycles. The van der Waals surface area contributed by atoms with Crippen LogP contribution < -0.4 is 5.32 Å². The van der Waals surface area contributed by atoms with Gasteiger partial charge in [-0.05, 0) is 32.9 Å². The molecule has 1 aliphatic rings. The van der Waals surface area contributed by atoms with E-state index in [1.165, 1.54) is 18.3 Å². The van der Waals surface area contributed by atoms with Crippen molar-refractivity contribution in [2.24, 2.45) is 0 Å². The summed E-state index contributed by atoms with van der Waals surface area (Å²) < 4.78 is 57.7. The van der Waals surface area contributed by atoms with Gasteiger partial charge in [-0.1, -0.05) is 6.07 Å². The maximum Gasteiger partial charge on any atom is 0.433 e. The first-order chi connectivity index (χ1) is 16.3. The number of halogens is 4.